The molecular weight excluding hydrogens is 180 g/mol. The van der Waals surface area contributed by atoms with Gasteiger partial charge in [0, 0.05) is 12.1 Å². The van der Waals surface area contributed by atoms with E-state index in [1.165, 1.54) is 0 Å². The highest BCUT2D eigenvalue weighted by molar-refractivity contribution is 5.12. The zero-order valence-corrected chi connectivity index (χ0v) is 7.98. The molecule has 2 rings (SSSR count). The summed E-state index contributed by atoms with van der Waals surface area (Å²) in [6.45, 7) is 1.91. The molecule has 1 aromatic heterocycles. The lowest BCUT2D eigenvalue weighted by molar-refractivity contribution is -0.0474. The first kappa shape index (κ1) is 9.58. The van der Waals surface area contributed by atoms with Crippen LogP contribution in [-0.4, -0.2) is 24.7 Å². The van der Waals surface area contributed by atoms with E-state index in [1.54, 1.807) is 0 Å². The molecule has 4 heteroatoms. The molecule has 1 aliphatic heterocycles. The fraction of sp³-hybridized carbons (Fsp3) is 0.500. The minimum Gasteiger partial charge on any atom is -0.345 e. The van der Waals surface area contributed by atoms with Crippen LogP contribution >= 0.6 is 0 Å². The normalized spacial score (nSPS) is 17.5. The van der Waals surface area contributed by atoms with Crippen LogP contribution in [0.15, 0.2) is 18.2 Å². The number of rotatable bonds is 3. The number of ether oxygens (including phenoxy) is 2. The van der Waals surface area contributed by atoms with E-state index in [0.717, 1.165) is 17.8 Å². The Kier molecular flexibility index (Phi) is 3.08. The van der Waals surface area contributed by atoms with Gasteiger partial charge in [0.25, 0.3) is 0 Å². The number of nitrogens with zero attached hydrogens (tertiary/aromatic N) is 1. The van der Waals surface area contributed by atoms with E-state index in [-0.39, 0.29) is 6.29 Å². The van der Waals surface area contributed by atoms with Crippen molar-refractivity contribution in [2.45, 2.75) is 12.7 Å². The van der Waals surface area contributed by atoms with Crippen LogP contribution in [0.1, 0.15) is 17.7 Å². The van der Waals surface area contributed by atoms with Gasteiger partial charge in [-0.2, -0.15) is 0 Å². The number of hydrogen-bond donors (Lipinski definition) is 1. The van der Waals surface area contributed by atoms with Crippen LogP contribution in [0.2, 0.25) is 0 Å². The molecule has 1 aliphatic rings. The van der Waals surface area contributed by atoms with E-state index in [0.29, 0.717) is 19.8 Å². The summed E-state index contributed by atoms with van der Waals surface area (Å²) in [5, 5.41) is 0. The molecule has 0 amide bonds. The van der Waals surface area contributed by atoms with Gasteiger partial charge in [-0.25, -0.2) is 0 Å². The molecule has 2 heterocycles. The molecule has 0 aliphatic carbocycles. The fourth-order valence-electron chi connectivity index (χ4n) is 1.45. The molecule has 0 unspecified atom stereocenters. The summed E-state index contributed by atoms with van der Waals surface area (Å²) in [6, 6.07) is 5.83. The molecule has 0 radical (unpaired) electrons. The minimum absolute atomic E-state index is 0.285. The maximum Gasteiger partial charge on any atom is 0.201 e. The van der Waals surface area contributed by atoms with Crippen molar-refractivity contribution in [3.8, 4) is 0 Å². The summed E-state index contributed by atoms with van der Waals surface area (Å²) in [6.07, 6.45) is 0.508. The molecule has 76 valence electrons. The summed E-state index contributed by atoms with van der Waals surface area (Å²) in [7, 11) is 0. The first-order valence-corrected chi connectivity index (χ1v) is 4.79. The lowest BCUT2D eigenvalue weighted by atomic mass is 10.2. The van der Waals surface area contributed by atoms with Gasteiger partial charge in [-0.1, -0.05) is 6.07 Å². The van der Waals surface area contributed by atoms with Gasteiger partial charge in [0.1, 0.15) is 0 Å². The van der Waals surface area contributed by atoms with E-state index in [4.69, 9.17) is 15.2 Å². The largest absolute Gasteiger partial charge is 0.345 e. The number of aromatic nitrogens is 1. The Morgan fingerprint density at radius 3 is 2.86 bits per heavy atom. The van der Waals surface area contributed by atoms with Crippen molar-refractivity contribution in [1.82, 2.24) is 4.98 Å². The monoisotopic (exact) mass is 194 g/mol. The van der Waals surface area contributed by atoms with Gasteiger partial charge in [-0.3, -0.25) is 4.98 Å². The molecule has 1 saturated heterocycles. The zero-order chi connectivity index (χ0) is 9.80. The molecule has 0 saturated carbocycles. The van der Waals surface area contributed by atoms with Crippen LogP contribution < -0.4 is 5.73 Å². The summed E-state index contributed by atoms with van der Waals surface area (Å²) in [5.41, 5.74) is 7.29. The summed E-state index contributed by atoms with van der Waals surface area (Å²) in [4.78, 5) is 4.41. The number of pyridine rings is 1. The van der Waals surface area contributed by atoms with Crippen LogP contribution in [0.5, 0.6) is 0 Å². The second-order valence-corrected chi connectivity index (χ2v) is 3.17. The van der Waals surface area contributed by atoms with E-state index in [2.05, 4.69) is 4.98 Å². The van der Waals surface area contributed by atoms with Crippen molar-refractivity contribution in [3.63, 3.8) is 0 Å². The molecular formula is C10H14N2O2. The summed E-state index contributed by atoms with van der Waals surface area (Å²) in [5.74, 6) is 0. The van der Waals surface area contributed by atoms with Crippen LogP contribution in [-0.2, 0) is 15.9 Å². The maximum atomic E-state index is 5.46. The molecule has 1 fully saturated rings. The Morgan fingerprint density at radius 2 is 2.14 bits per heavy atom. The average molecular weight is 194 g/mol. The van der Waals surface area contributed by atoms with Crippen molar-refractivity contribution in [1.29, 1.82) is 0 Å². The van der Waals surface area contributed by atoms with Crippen molar-refractivity contribution in [3.05, 3.63) is 29.6 Å². The molecule has 0 aromatic carbocycles. The highest BCUT2D eigenvalue weighted by Gasteiger charge is 2.19. The smallest absolute Gasteiger partial charge is 0.201 e. The SMILES string of the molecule is NCCc1cccc(C2OCCO2)n1. The lowest BCUT2D eigenvalue weighted by Gasteiger charge is -2.09. The van der Waals surface area contributed by atoms with E-state index in [9.17, 15) is 0 Å². The van der Waals surface area contributed by atoms with E-state index < -0.39 is 0 Å². The first-order valence-electron chi connectivity index (χ1n) is 4.79. The average Bonchev–Trinajstić information content (AvgIpc) is 2.71. The van der Waals surface area contributed by atoms with E-state index >= 15 is 0 Å². The third-order valence-corrected chi connectivity index (χ3v) is 2.09. The number of hydrogen-bond acceptors (Lipinski definition) is 4. The van der Waals surface area contributed by atoms with Crippen molar-refractivity contribution < 1.29 is 9.47 Å². The Labute approximate surface area is 83.0 Å². The Morgan fingerprint density at radius 1 is 1.36 bits per heavy atom. The second kappa shape index (κ2) is 4.50. The van der Waals surface area contributed by atoms with E-state index in [1.807, 2.05) is 18.2 Å². The second-order valence-electron chi connectivity index (χ2n) is 3.17. The molecule has 0 bridgehead atoms. The predicted molar refractivity (Wildman–Crippen MR) is 51.6 cm³/mol. The molecule has 2 N–H and O–H groups in total. The number of nitrogens with two attached hydrogens (primary N) is 1. The van der Waals surface area contributed by atoms with Crippen molar-refractivity contribution >= 4 is 0 Å². The van der Waals surface area contributed by atoms with Crippen LogP contribution in [0.25, 0.3) is 0 Å². The summed E-state index contributed by atoms with van der Waals surface area (Å²) < 4.78 is 10.7. The Bertz CT molecular complexity index is 298. The van der Waals surface area contributed by atoms with Crippen LogP contribution in [0.3, 0.4) is 0 Å². The standard InChI is InChI=1S/C10H14N2O2/c11-5-4-8-2-1-3-9(12-8)10-13-6-7-14-10/h1-3,10H,4-7,11H2. The van der Waals surface area contributed by atoms with Gasteiger partial charge in [0.2, 0.25) is 6.29 Å². The van der Waals surface area contributed by atoms with Gasteiger partial charge in [-0.15, -0.1) is 0 Å². The topological polar surface area (TPSA) is 57.4 Å². The van der Waals surface area contributed by atoms with Gasteiger partial charge in [-0.05, 0) is 18.7 Å². The van der Waals surface area contributed by atoms with Gasteiger partial charge in [0.15, 0.2) is 0 Å². The molecule has 1 aromatic rings. The molecule has 4 nitrogen and oxygen atoms in total. The van der Waals surface area contributed by atoms with Crippen molar-refractivity contribution in [2.75, 3.05) is 19.8 Å². The zero-order valence-electron chi connectivity index (χ0n) is 7.98. The van der Waals surface area contributed by atoms with Crippen LogP contribution in [0.4, 0.5) is 0 Å². The first-order chi connectivity index (χ1) is 6.90. The molecule has 14 heavy (non-hydrogen) atoms. The Balaban J connectivity index is 2.12. The molecule has 0 spiro atoms. The van der Waals surface area contributed by atoms with Crippen LogP contribution in [0, 0.1) is 0 Å². The quantitative estimate of drug-likeness (QED) is 0.766. The predicted octanol–water partition coefficient (Wildman–Crippen LogP) is 0.628. The van der Waals surface area contributed by atoms with Gasteiger partial charge in [0.05, 0.1) is 18.9 Å². The highest BCUT2D eigenvalue weighted by Crippen LogP contribution is 2.21. The third-order valence-electron chi connectivity index (χ3n) is 2.09. The highest BCUT2D eigenvalue weighted by atomic mass is 16.7. The van der Waals surface area contributed by atoms with Gasteiger partial charge >= 0.3 is 0 Å². The third kappa shape index (κ3) is 2.09. The summed E-state index contributed by atoms with van der Waals surface area (Å²) >= 11 is 0. The molecule has 0 atom stereocenters. The minimum atomic E-state index is -0.285. The van der Waals surface area contributed by atoms with Crippen molar-refractivity contribution in [2.24, 2.45) is 5.73 Å². The Hall–Kier alpha value is -0.970. The van der Waals surface area contributed by atoms with Gasteiger partial charge < -0.3 is 15.2 Å². The fourth-order valence-corrected chi connectivity index (χ4v) is 1.45. The lowest BCUT2D eigenvalue weighted by Crippen LogP contribution is -2.07. The maximum absolute atomic E-state index is 5.46.